The zero-order valence-corrected chi connectivity index (χ0v) is 16.4. The van der Waals surface area contributed by atoms with Crippen molar-refractivity contribution < 1.29 is 18.3 Å². The van der Waals surface area contributed by atoms with E-state index in [-0.39, 0.29) is 6.42 Å². The molecule has 0 aliphatic carbocycles. The number of hydrogen-bond acceptors (Lipinski definition) is 4. The van der Waals surface area contributed by atoms with Crippen LogP contribution < -0.4 is 4.31 Å². The van der Waals surface area contributed by atoms with Gasteiger partial charge in [0.25, 0.3) is 10.0 Å². The lowest BCUT2D eigenvalue weighted by Gasteiger charge is -2.24. The van der Waals surface area contributed by atoms with Crippen LogP contribution in [0.3, 0.4) is 0 Å². The van der Waals surface area contributed by atoms with Crippen molar-refractivity contribution in [3.8, 4) is 0 Å². The molecule has 27 heavy (non-hydrogen) atoms. The van der Waals surface area contributed by atoms with Gasteiger partial charge in [0.1, 0.15) is 4.21 Å². The molecular formula is C19H22N2O4S2. The number of aliphatic carboxylic acids is 1. The van der Waals surface area contributed by atoms with E-state index in [1.54, 1.807) is 17.5 Å². The van der Waals surface area contributed by atoms with E-state index in [9.17, 15) is 13.2 Å². The minimum atomic E-state index is -3.62. The number of carboxylic acids is 1. The van der Waals surface area contributed by atoms with Crippen molar-refractivity contribution in [3.63, 3.8) is 0 Å². The summed E-state index contributed by atoms with van der Waals surface area (Å²) in [6.45, 7) is 0.364. The third-order valence-electron chi connectivity index (χ3n) is 4.37. The molecule has 6 nitrogen and oxygen atoms in total. The van der Waals surface area contributed by atoms with Gasteiger partial charge in [-0.15, -0.1) is 11.3 Å². The summed E-state index contributed by atoms with van der Waals surface area (Å²) in [5.41, 5.74) is 1.60. The number of carbonyl (C=O) groups is 1. The van der Waals surface area contributed by atoms with E-state index in [0.717, 1.165) is 23.7 Å². The van der Waals surface area contributed by atoms with Crippen LogP contribution >= 0.6 is 11.3 Å². The van der Waals surface area contributed by atoms with Crippen molar-refractivity contribution in [2.75, 3.05) is 10.8 Å². The molecule has 0 bridgehead atoms. The number of anilines is 1. The van der Waals surface area contributed by atoms with Gasteiger partial charge in [0.2, 0.25) is 0 Å². The maximum atomic E-state index is 13.1. The number of nitrogens with one attached hydrogen (secondary N) is 1. The highest BCUT2D eigenvalue weighted by Gasteiger charge is 2.25. The van der Waals surface area contributed by atoms with Crippen molar-refractivity contribution in [1.82, 2.24) is 4.98 Å². The van der Waals surface area contributed by atoms with Gasteiger partial charge in [-0.25, -0.2) is 8.42 Å². The number of aromatic nitrogens is 1. The molecule has 3 rings (SSSR count). The van der Waals surface area contributed by atoms with Crippen LogP contribution in [0.5, 0.6) is 0 Å². The van der Waals surface area contributed by atoms with Crippen LogP contribution in [0.4, 0.5) is 5.69 Å². The molecule has 0 atom stereocenters. The van der Waals surface area contributed by atoms with E-state index in [1.807, 2.05) is 30.5 Å². The first-order chi connectivity index (χ1) is 13.0. The fourth-order valence-electron chi connectivity index (χ4n) is 2.99. The van der Waals surface area contributed by atoms with Gasteiger partial charge in [0.05, 0.1) is 5.69 Å². The molecule has 0 spiro atoms. The van der Waals surface area contributed by atoms with Crippen LogP contribution in [-0.4, -0.2) is 31.0 Å². The quantitative estimate of drug-likeness (QED) is 0.486. The Morgan fingerprint density at radius 2 is 1.93 bits per heavy atom. The maximum absolute atomic E-state index is 13.1. The number of thiophene rings is 1. The summed E-state index contributed by atoms with van der Waals surface area (Å²) in [6, 6.07) is 10.8. The standard InChI is InChI=1S/C19H22N2O4S2/c22-18(23)6-3-1-2-4-12-21(27(24,25)19-7-5-13-26-19)16-8-9-17-15(14-16)10-11-20-17/h5,7-11,13-14,20H,1-4,6,12H2,(H,22,23). The van der Waals surface area contributed by atoms with Gasteiger partial charge in [0, 0.05) is 30.1 Å². The third-order valence-corrected chi connectivity index (χ3v) is 7.57. The Hall–Kier alpha value is -2.32. The minimum Gasteiger partial charge on any atom is -0.481 e. The van der Waals surface area contributed by atoms with Crippen LogP contribution in [0, 0.1) is 0 Å². The average Bonchev–Trinajstić information content (AvgIpc) is 3.31. The summed E-state index contributed by atoms with van der Waals surface area (Å²) in [5.74, 6) is -0.795. The molecule has 0 aliphatic rings. The number of sulfonamides is 1. The molecule has 1 aromatic carbocycles. The predicted octanol–water partition coefficient (Wildman–Crippen LogP) is 4.46. The number of carboxylic acid groups (broad SMARTS) is 1. The lowest BCUT2D eigenvalue weighted by Crippen LogP contribution is -2.31. The van der Waals surface area contributed by atoms with Crippen LogP contribution in [0.15, 0.2) is 52.2 Å². The summed E-state index contributed by atoms with van der Waals surface area (Å²) in [6.07, 6.45) is 4.83. The normalized spacial score (nSPS) is 11.7. The molecule has 0 radical (unpaired) electrons. The fraction of sp³-hybridized carbons (Fsp3) is 0.316. The second kappa shape index (κ2) is 8.58. The number of rotatable bonds is 10. The molecule has 0 saturated heterocycles. The van der Waals surface area contributed by atoms with Crippen molar-refractivity contribution in [3.05, 3.63) is 48.0 Å². The molecule has 2 heterocycles. The average molecular weight is 407 g/mol. The molecular weight excluding hydrogens is 384 g/mol. The van der Waals surface area contributed by atoms with Crippen molar-refractivity contribution in [1.29, 1.82) is 0 Å². The zero-order chi connectivity index (χ0) is 19.3. The second-order valence-corrected chi connectivity index (χ2v) is 9.35. The first-order valence-corrected chi connectivity index (χ1v) is 11.2. The van der Waals surface area contributed by atoms with Crippen LogP contribution in [-0.2, 0) is 14.8 Å². The van der Waals surface area contributed by atoms with E-state index in [0.29, 0.717) is 29.3 Å². The van der Waals surface area contributed by atoms with E-state index >= 15 is 0 Å². The summed E-state index contributed by atoms with van der Waals surface area (Å²) >= 11 is 1.21. The maximum Gasteiger partial charge on any atom is 0.303 e. The molecule has 144 valence electrons. The molecule has 2 N–H and O–H groups in total. The molecule has 0 unspecified atom stereocenters. The number of fused-ring (bicyclic) bond motifs is 1. The minimum absolute atomic E-state index is 0.154. The molecule has 0 aliphatic heterocycles. The van der Waals surface area contributed by atoms with Gasteiger partial charge >= 0.3 is 5.97 Å². The Labute approximate surface area is 162 Å². The van der Waals surface area contributed by atoms with Crippen molar-refractivity contribution in [2.45, 2.75) is 36.3 Å². The van der Waals surface area contributed by atoms with Gasteiger partial charge in [-0.1, -0.05) is 18.9 Å². The Kier molecular flexibility index (Phi) is 6.18. The van der Waals surface area contributed by atoms with Crippen LogP contribution in [0.2, 0.25) is 0 Å². The number of aromatic amines is 1. The summed E-state index contributed by atoms with van der Waals surface area (Å²) in [7, 11) is -3.62. The third kappa shape index (κ3) is 4.70. The molecule has 0 amide bonds. The molecule has 8 heteroatoms. The lowest BCUT2D eigenvalue weighted by molar-refractivity contribution is -0.137. The molecule has 0 fully saturated rings. The largest absolute Gasteiger partial charge is 0.481 e. The first kappa shape index (κ1) is 19.4. The zero-order valence-electron chi connectivity index (χ0n) is 14.8. The van der Waals surface area contributed by atoms with Crippen LogP contribution in [0.1, 0.15) is 32.1 Å². The van der Waals surface area contributed by atoms with Crippen molar-refractivity contribution in [2.24, 2.45) is 0 Å². The highest BCUT2D eigenvalue weighted by molar-refractivity contribution is 7.94. The van der Waals surface area contributed by atoms with E-state index in [2.05, 4.69) is 4.98 Å². The number of benzene rings is 1. The number of hydrogen-bond donors (Lipinski definition) is 2. The SMILES string of the molecule is O=C(O)CCCCCCN(c1ccc2[nH]ccc2c1)S(=O)(=O)c1cccs1. The lowest BCUT2D eigenvalue weighted by atomic mass is 10.1. The highest BCUT2D eigenvalue weighted by Crippen LogP contribution is 2.29. The Bertz CT molecular complexity index is 994. The molecule has 2 aromatic heterocycles. The Balaban J connectivity index is 1.78. The Morgan fingerprint density at radius 3 is 2.67 bits per heavy atom. The van der Waals surface area contributed by atoms with E-state index < -0.39 is 16.0 Å². The summed E-state index contributed by atoms with van der Waals surface area (Å²) < 4.78 is 28.0. The van der Waals surface area contributed by atoms with Crippen molar-refractivity contribution >= 4 is 43.9 Å². The number of nitrogens with zero attached hydrogens (tertiary/aromatic N) is 1. The fourth-order valence-corrected chi connectivity index (χ4v) is 5.59. The smallest absolute Gasteiger partial charge is 0.303 e. The van der Waals surface area contributed by atoms with Gasteiger partial charge in [-0.05, 0) is 48.6 Å². The molecule has 0 saturated carbocycles. The topological polar surface area (TPSA) is 90.5 Å². The second-order valence-electron chi connectivity index (χ2n) is 6.32. The van der Waals surface area contributed by atoms with Gasteiger partial charge in [-0.2, -0.15) is 0 Å². The monoisotopic (exact) mass is 406 g/mol. The first-order valence-electron chi connectivity index (χ1n) is 8.84. The summed E-state index contributed by atoms with van der Waals surface area (Å²) in [4.78, 5) is 13.7. The highest BCUT2D eigenvalue weighted by atomic mass is 32.2. The predicted molar refractivity (Wildman–Crippen MR) is 108 cm³/mol. The molecule has 3 aromatic rings. The Morgan fingerprint density at radius 1 is 1.11 bits per heavy atom. The van der Waals surface area contributed by atoms with Gasteiger partial charge < -0.3 is 10.1 Å². The van der Waals surface area contributed by atoms with E-state index in [1.165, 1.54) is 15.6 Å². The van der Waals surface area contributed by atoms with Gasteiger partial charge in [0.15, 0.2) is 0 Å². The number of H-pyrrole nitrogens is 1. The van der Waals surface area contributed by atoms with Crippen LogP contribution in [0.25, 0.3) is 10.9 Å². The number of unbranched alkanes of at least 4 members (excludes halogenated alkanes) is 3. The van der Waals surface area contributed by atoms with Gasteiger partial charge in [-0.3, -0.25) is 9.10 Å². The summed E-state index contributed by atoms with van der Waals surface area (Å²) in [5, 5.41) is 11.4. The van der Waals surface area contributed by atoms with E-state index in [4.69, 9.17) is 5.11 Å².